The van der Waals surface area contributed by atoms with Gasteiger partial charge in [-0.15, -0.1) is 0 Å². The number of morpholine rings is 1. The van der Waals surface area contributed by atoms with Crippen molar-refractivity contribution >= 4 is 28.4 Å². The van der Waals surface area contributed by atoms with Crippen LogP contribution in [0.1, 0.15) is 5.56 Å². The minimum atomic E-state index is 0.141. The first kappa shape index (κ1) is 16.2. The molecule has 1 aromatic carbocycles. The number of aromatic nitrogens is 1. The molecule has 0 saturated carbocycles. The number of nitrogens with zero attached hydrogens (tertiary/aromatic N) is 3. The second-order valence-corrected chi connectivity index (χ2v) is 6.18. The average molecular weight is 334 g/mol. The van der Waals surface area contributed by atoms with Crippen molar-refractivity contribution < 1.29 is 9.53 Å². The van der Waals surface area contributed by atoms with Gasteiger partial charge in [-0.3, -0.25) is 14.7 Å². The van der Waals surface area contributed by atoms with Crippen LogP contribution in [-0.2, 0) is 16.1 Å². The minimum absolute atomic E-state index is 0.141. The van der Waals surface area contributed by atoms with Gasteiger partial charge < -0.3 is 9.64 Å². The Hall–Kier alpha value is -1.69. The van der Waals surface area contributed by atoms with Gasteiger partial charge in [-0.1, -0.05) is 17.7 Å². The molecule has 0 bridgehead atoms. The monoisotopic (exact) mass is 333 g/mol. The maximum absolute atomic E-state index is 12.3. The summed E-state index contributed by atoms with van der Waals surface area (Å²) in [6.45, 7) is 3.65. The van der Waals surface area contributed by atoms with Crippen molar-refractivity contribution in [1.82, 2.24) is 14.8 Å². The van der Waals surface area contributed by atoms with E-state index in [0.717, 1.165) is 16.5 Å². The second kappa shape index (κ2) is 7.25. The van der Waals surface area contributed by atoms with Crippen molar-refractivity contribution in [3.63, 3.8) is 0 Å². The van der Waals surface area contributed by atoms with E-state index in [9.17, 15) is 4.79 Å². The van der Waals surface area contributed by atoms with E-state index >= 15 is 0 Å². The molecule has 2 heterocycles. The normalized spacial score (nSPS) is 15.3. The lowest BCUT2D eigenvalue weighted by atomic mass is 10.1. The third-order valence-corrected chi connectivity index (χ3v) is 4.34. The van der Waals surface area contributed by atoms with Crippen LogP contribution < -0.4 is 0 Å². The number of likely N-dealkylation sites (N-methyl/N-ethyl adjacent to an activating group) is 1. The number of carbonyl (C=O) groups excluding carboxylic acids is 1. The lowest BCUT2D eigenvalue weighted by Gasteiger charge is -2.28. The van der Waals surface area contributed by atoms with Gasteiger partial charge in [-0.25, -0.2) is 0 Å². The highest BCUT2D eigenvalue weighted by atomic mass is 35.5. The number of pyridine rings is 1. The number of ether oxygens (including phenoxy) is 1. The Morgan fingerprint density at radius 1 is 1.35 bits per heavy atom. The zero-order valence-electron chi connectivity index (χ0n) is 13.2. The summed E-state index contributed by atoms with van der Waals surface area (Å²) in [6, 6.07) is 7.71. The molecule has 6 heteroatoms. The summed E-state index contributed by atoms with van der Waals surface area (Å²) in [5, 5.41) is 1.64. The maximum atomic E-state index is 12.3. The number of hydrogen-bond acceptors (Lipinski definition) is 4. The molecule has 1 amide bonds. The Balaban J connectivity index is 1.69. The van der Waals surface area contributed by atoms with Gasteiger partial charge in [0, 0.05) is 36.2 Å². The third-order valence-electron chi connectivity index (χ3n) is 4.01. The predicted octanol–water partition coefficient (Wildman–Crippen LogP) is 2.18. The second-order valence-electron chi connectivity index (χ2n) is 5.77. The summed E-state index contributed by atoms with van der Waals surface area (Å²) in [6.07, 6.45) is 1.76. The van der Waals surface area contributed by atoms with Crippen molar-refractivity contribution in [1.29, 1.82) is 0 Å². The van der Waals surface area contributed by atoms with Gasteiger partial charge >= 0.3 is 0 Å². The molecule has 1 aliphatic rings. The molecule has 0 unspecified atom stereocenters. The van der Waals surface area contributed by atoms with E-state index in [-0.39, 0.29) is 5.91 Å². The van der Waals surface area contributed by atoms with Gasteiger partial charge in [0.2, 0.25) is 5.91 Å². The van der Waals surface area contributed by atoms with Gasteiger partial charge in [-0.2, -0.15) is 0 Å². The van der Waals surface area contributed by atoms with Gasteiger partial charge in [0.25, 0.3) is 0 Å². The summed E-state index contributed by atoms with van der Waals surface area (Å²) in [4.78, 5) is 20.6. The first-order chi connectivity index (χ1) is 11.1. The number of carbonyl (C=O) groups is 1. The first-order valence-corrected chi connectivity index (χ1v) is 8.09. The number of rotatable bonds is 4. The fourth-order valence-corrected chi connectivity index (χ4v) is 3.03. The van der Waals surface area contributed by atoms with E-state index in [2.05, 4.69) is 4.98 Å². The zero-order chi connectivity index (χ0) is 16.2. The number of halogens is 1. The highest BCUT2D eigenvalue weighted by Crippen LogP contribution is 2.25. The van der Waals surface area contributed by atoms with Crippen molar-refractivity contribution in [2.45, 2.75) is 6.54 Å². The van der Waals surface area contributed by atoms with Crippen molar-refractivity contribution in [3.8, 4) is 0 Å². The van der Waals surface area contributed by atoms with E-state index in [1.54, 1.807) is 6.20 Å². The molecule has 5 nitrogen and oxygen atoms in total. The quantitative estimate of drug-likeness (QED) is 0.860. The van der Waals surface area contributed by atoms with Crippen molar-refractivity contribution in [2.24, 2.45) is 0 Å². The van der Waals surface area contributed by atoms with E-state index in [1.807, 2.05) is 41.1 Å². The zero-order valence-corrected chi connectivity index (χ0v) is 13.9. The van der Waals surface area contributed by atoms with E-state index in [1.165, 1.54) is 0 Å². The highest BCUT2D eigenvalue weighted by molar-refractivity contribution is 6.35. The number of benzene rings is 1. The van der Waals surface area contributed by atoms with E-state index in [4.69, 9.17) is 16.3 Å². The SMILES string of the molecule is CN(CC(=O)N1CCOCC1)Cc1ccc(Cl)c2cccnc12. The van der Waals surface area contributed by atoms with Crippen LogP contribution in [0.15, 0.2) is 30.5 Å². The molecule has 1 saturated heterocycles. The molecule has 23 heavy (non-hydrogen) atoms. The van der Waals surface area contributed by atoms with Crippen LogP contribution in [0.2, 0.25) is 5.02 Å². The smallest absolute Gasteiger partial charge is 0.236 e. The average Bonchev–Trinajstić information content (AvgIpc) is 2.58. The van der Waals surface area contributed by atoms with Crippen LogP contribution in [0.5, 0.6) is 0 Å². The van der Waals surface area contributed by atoms with E-state index < -0.39 is 0 Å². The first-order valence-electron chi connectivity index (χ1n) is 7.71. The van der Waals surface area contributed by atoms with Crippen LogP contribution in [0.4, 0.5) is 0 Å². The predicted molar refractivity (Wildman–Crippen MR) is 90.5 cm³/mol. The Labute approximate surface area is 140 Å². The molecule has 1 aliphatic heterocycles. The molecule has 0 aliphatic carbocycles. The number of fused-ring (bicyclic) bond motifs is 1. The summed E-state index contributed by atoms with van der Waals surface area (Å²) in [7, 11) is 1.95. The molecule has 1 fully saturated rings. The van der Waals surface area contributed by atoms with Gasteiger partial charge in [-0.05, 0) is 30.8 Å². The van der Waals surface area contributed by atoms with Crippen LogP contribution >= 0.6 is 11.6 Å². The lowest BCUT2D eigenvalue weighted by molar-refractivity contribution is -0.136. The highest BCUT2D eigenvalue weighted by Gasteiger charge is 2.18. The molecule has 0 radical (unpaired) electrons. The summed E-state index contributed by atoms with van der Waals surface area (Å²) < 4.78 is 5.28. The maximum Gasteiger partial charge on any atom is 0.236 e. The fraction of sp³-hybridized carbons (Fsp3) is 0.412. The molecule has 3 rings (SSSR count). The Kier molecular flexibility index (Phi) is 5.10. The topological polar surface area (TPSA) is 45.7 Å². The van der Waals surface area contributed by atoms with Gasteiger partial charge in [0.15, 0.2) is 0 Å². The molecule has 0 spiro atoms. The molecular formula is C17H20ClN3O2. The molecule has 0 atom stereocenters. The summed E-state index contributed by atoms with van der Waals surface area (Å²) >= 11 is 6.23. The largest absolute Gasteiger partial charge is 0.378 e. The van der Waals surface area contributed by atoms with Crippen molar-refractivity contribution in [3.05, 3.63) is 41.0 Å². The van der Waals surface area contributed by atoms with Crippen LogP contribution in [0.25, 0.3) is 10.9 Å². The van der Waals surface area contributed by atoms with Crippen LogP contribution in [0.3, 0.4) is 0 Å². The van der Waals surface area contributed by atoms with Gasteiger partial charge in [0.1, 0.15) is 0 Å². The Morgan fingerprint density at radius 3 is 2.91 bits per heavy atom. The number of amides is 1. The number of hydrogen-bond donors (Lipinski definition) is 0. The molecule has 1 aromatic heterocycles. The van der Waals surface area contributed by atoms with Crippen LogP contribution in [0, 0.1) is 0 Å². The molecular weight excluding hydrogens is 314 g/mol. The third kappa shape index (κ3) is 3.80. The molecule has 0 N–H and O–H groups in total. The minimum Gasteiger partial charge on any atom is -0.378 e. The summed E-state index contributed by atoms with van der Waals surface area (Å²) in [5.74, 6) is 0.141. The van der Waals surface area contributed by atoms with Gasteiger partial charge in [0.05, 0.1) is 25.3 Å². The summed E-state index contributed by atoms with van der Waals surface area (Å²) in [5.41, 5.74) is 1.97. The van der Waals surface area contributed by atoms with Crippen molar-refractivity contribution in [2.75, 3.05) is 39.9 Å². The Morgan fingerprint density at radius 2 is 2.13 bits per heavy atom. The van der Waals surface area contributed by atoms with Crippen LogP contribution in [-0.4, -0.2) is 60.6 Å². The van der Waals surface area contributed by atoms with E-state index in [0.29, 0.717) is 44.4 Å². The standard InChI is InChI=1S/C17H20ClN3O2/c1-20(12-16(22)21-7-9-23-10-8-21)11-13-4-5-15(18)14-3-2-6-19-17(13)14/h2-6H,7-12H2,1H3. The fourth-order valence-electron chi connectivity index (χ4n) is 2.81. The molecule has 122 valence electrons. The Bertz CT molecular complexity index is 701. The molecule has 2 aromatic rings. The lowest BCUT2D eigenvalue weighted by Crippen LogP contribution is -2.44.